The molecule has 0 atom stereocenters. The van der Waals surface area contributed by atoms with Crippen LogP contribution < -0.4 is 10.2 Å². The third-order valence-electron chi connectivity index (χ3n) is 3.26. The summed E-state index contributed by atoms with van der Waals surface area (Å²) in [6.07, 6.45) is 4.19. The van der Waals surface area contributed by atoms with Crippen molar-refractivity contribution in [3.05, 3.63) is 30.3 Å². The molecule has 0 aliphatic rings. The number of para-hydroxylation sites is 1. The summed E-state index contributed by atoms with van der Waals surface area (Å²) in [7, 11) is 3.15. The summed E-state index contributed by atoms with van der Waals surface area (Å²) in [6, 6.07) is 9.42. The number of nitrogens with one attached hydrogen (secondary N) is 1. The Labute approximate surface area is 126 Å². The Hall–Kier alpha value is -2.04. The van der Waals surface area contributed by atoms with Crippen LogP contribution in [0.4, 0.5) is 10.5 Å². The standard InChI is InChI=1S/C16H24N2O3/c1-18(14-10-6-5-7-11-14)16(20)17-13-9-4-3-8-12-15(19)21-2/h5-7,10-11H,3-4,8-9,12-13H2,1-2H3,(H,17,20). The zero-order valence-corrected chi connectivity index (χ0v) is 12.8. The fourth-order valence-electron chi connectivity index (χ4n) is 1.93. The lowest BCUT2D eigenvalue weighted by Gasteiger charge is -2.17. The van der Waals surface area contributed by atoms with Gasteiger partial charge in [-0.2, -0.15) is 0 Å². The molecule has 0 aliphatic heterocycles. The quantitative estimate of drug-likeness (QED) is 0.592. The Kier molecular flexibility index (Phi) is 7.94. The average Bonchev–Trinajstić information content (AvgIpc) is 2.53. The molecule has 0 saturated heterocycles. The number of rotatable bonds is 8. The first-order chi connectivity index (χ1) is 10.1. The first kappa shape index (κ1) is 17.0. The molecule has 0 heterocycles. The SMILES string of the molecule is COC(=O)CCCCCCNC(=O)N(C)c1ccccc1. The molecule has 5 heteroatoms. The van der Waals surface area contributed by atoms with Crippen molar-refractivity contribution in [3.8, 4) is 0 Å². The molecule has 0 fully saturated rings. The van der Waals surface area contributed by atoms with Gasteiger partial charge in [0.15, 0.2) is 0 Å². The van der Waals surface area contributed by atoms with E-state index in [0.29, 0.717) is 13.0 Å². The fourth-order valence-corrected chi connectivity index (χ4v) is 1.93. The van der Waals surface area contributed by atoms with Crippen molar-refractivity contribution in [2.75, 3.05) is 25.6 Å². The maximum Gasteiger partial charge on any atom is 0.321 e. The van der Waals surface area contributed by atoms with Crippen LogP contribution in [-0.2, 0) is 9.53 Å². The zero-order chi connectivity index (χ0) is 15.5. The van der Waals surface area contributed by atoms with Gasteiger partial charge >= 0.3 is 12.0 Å². The molecule has 0 bridgehead atoms. The van der Waals surface area contributed by atoms with Gasteiger partial charge in [0, 0.05) is 25.7 Å². The summed E-state index contributed by atoms with van der Waals surface area (Å²) in [6.45, 7) is 0.647. The number of ether oxygens (including phenoxy) is 1. The van der Waals surface area contributed by atoms with Crippen LogP contribution in [-0.4, -0.2) is 32.7 Å². The molecule has 1 aromatic rings. The van der Waals surface area contributed by atoms with Crippen LogP contribution in [0.5, 0.6) is 0 Å². The molecule has 116 valence electrons. The fraction of sp³-hybridized carbons (Fsp3) is 0.500. The monoisotopic (exact) mass is 292 g/mol. The van der Waals surface area contributed by atoms with Crippen LogP contribution >= 0.6 is 0 Å². The van der Waals surface area contributed by atoms with Gasteiger partial charge in [-0.15, -0.1) is 0 Å². The first-order valence-corrected chi connectivity index (χ1v) is 7.28. The van der Waals surface area contributed by atoms with E-state index in [-0.39, 0.29) is 12.0 Å². The van der Waals surface area contributed by atoms with Gasteiger partial charge in [-0.1, -0.05) is 31.0 Å². The summed E-state index contributed by atoms with van der Waals surface area (Å²) >= 11 is 0. The first-order valence-electron chi connectivity index (χ1n) is 7.28. The molecule has 2 amide bonds. The van der Waals surface area contributed by atoms with Crippen LogP contribution in [0.1, 0.15) is 32.1 Å². The van der Waals surface area contributed by atoms with Crippen molar-refractivity contribution in [2.24, 2.45) is 0 Å². The van der Waals surface area contributed by atoms with Gasteiger partial charge < -0.3 is 10.1 Å². The maximum atomic E-state index is 11.9. The Morgan fingerprint density at radius 1 is 1.10 bits per heavy atom. The normalized spacial score (nSPS) is 10.0. The zero-order valence-electron chi connectivity index (χ0n) is 12.8. The van der Waals surface area contributed by atoms with Gasteiger partial charge in [-0.05, 0) is 25.0 Å². The number of carbonyl (C=O) groups excluding carboxylic acids is 2. The largest absolute Gasteiger partial charge is 0.469 e. The number of nitrogens with zero attached hydrogens (tertiary/aromatic N) is 1. The minimum Gasteiger partial charge on any atom is -0.469 e. The van der Waals surface area contributed by atoms with Crippen molar-refractivity contribution in [1.29, 1.82) is 0 Å². The van der Waals surface area contributed by atoms with E-state index in [1.54, 1.807) is 11.9 Å². The van der Waals surface area contributed by atoms with Crippen LogP contribution in [0.3, 0.4) is 0 Å². The van der Waals surface area contributed by atoms with Gasteiger partial charge in [0.05, 0.1) is 7.11 Å². The number of carbonyl (C=O) groups is 2. The Bertz CT molecular complexity index is 434. The molecular formula is C16H24N2O3. The smallest absolute Gasteiger partial charge is 0.321 e. The molecule has 0 aliphatic carbocycles. The lowest BCUT2D eigenvalue weighted by molar-refractivity contribution is -0.140. The second-order valence-corrected chi connectivity index (χ2v) is 4.87. The van der Waals surface area contributed by atoms with Crippen LogP contribution in [0.25, 0.3) is 0 Å². The number of amides is 2. The Balaban J connectivity index is 2.10. The second-order valence-electron chi connectivity index (χ2n) is 4.87. The van der Waals surface area contributed by atoms with Gasteiger partial charge in [0.1, 0.15) is 0 Å². The molecule has 1 rings (SSSR count). The van der Waals surface area contributed by atoms with E-state index >= 15 is 0 Å². The van der Waals surface area contributed by atoms with Crippen molar-refractivity contribution in [3.63, 3.8) is 0 Å². The maximum absolute atomic E-state index is 11.9. The highest BCUT2D eigenvalue weighted by Gasteiger charge is 2.08. The number of methoxy groups -OCH3 is 1. The molecular weight excluding hydrogens is 268 g/mol. The van der Waals surface area contributed by atoms with E-state index in [4.69, 9.17) is 0 Å². The van der Waals surface area contributed by atoms with Crippen LogP contribution in [0.15, 0.2) is 30.3 Å². The molecule has 0 aromatic heterocycles. The van der Waals surface area contributed by atoms with E-state index < -0.39 is 0 Å². The number of esters is 1. The van der Waals surface area contributed by atoms with Gasteiger partial charge in [-0.25, -0.2) is 4.79 Å². The summed E-state index contributed by atoms with van der Waals surface area (Å²) in [4.78, 5) is 24.4. The van der Waals surface area contributed by atoms with Crippen molar-refractivity contribution >= 4 is 17.7 Å². The number of anilines is 1. The van der Waals surface area contributed by atoms with E-state index in [0.717, 1.165) is 31.4 Å². The van der Waals surface area contributed by atoms with Gasteiger partial charge in [-0.3, -0.25) is 9.69 Å². The molecule has 5 nitrogen and oxygen atoms in total. The van der Waals surface area contributed by atoms with E-state index in [9.17, 15) is 9.59 Å². The van der Waals surface area contributed by atoms with Crippen molar-refractivity contribution in [2.45, 2.75) is 32.1 Å². The molecule has 1 N–H and O–H groups in total. The summed E-state index contributed by atoms with van der Waals surface area (Å²) < 4.78 is 4.58. The molecule has 0 spiro atoms. The van der Waals surface area contributed by atoms with Gasteiger partial charge in [0.2, 0.25) is 0 Å². The third-order valence-corrected chi connectivity index (χ3v) is 3.26. The van der Waals surface area contributed by atoms with Crippen LogP contribution in [0, 0.1) is 0 Å². The summed E-state index contributed by atoms with van der Waals surface area (Å²) in [5, 5.41) is 2.89. The molecule has 0 saturated carbocycles. The lowest BCUT2D eigenvalue weighted by Crippen LogP contribution is -2.37. The summed E-state index contributed by atoms with van der Waals surface area (Å²) in [5.41, 5.74) is 0.869. The summed E-state index contributed by atoms with van der Waals surface area (Å²) in [5.74, 6) is -0.159. The van der Waals surface area contributed by atoms with Crippen LogP contribution in [0.2, 0.25) is 0 Å². The topological polar surface area (TPSA) is 58.6 Å². The minimum atomic E-state index is -0.159. The molecule has 1 aromatic carbocycles. The van der Waals surface area contributed by atoms with Crippen molar-refractivity contribution in [1.82, 2.24) is 5.32 Å². The van der Waals surface area contributed by atoms with E-state index in [2.05, 4.69) is 10.1 Å². The predicted molar refractivity (Wildman–Crippen MR) is 83.3 cm³/mol. The highest BCUT2D eigenvalue weighted by Crippen LogP contribution is 2.10. The highest BCUT2D eigenvalue weighted by molar-refractivity contribution is 5.91. The van der Waals surface area contributed by atoms with Crippen molar-refractivity contribution < 1.29 is 14.3 Å². The third kappa shape index (κ3) is 6.79. The van der Waals surface area contributed by atoms with E-state index in [1.807, 2.05) is 30.3 Å². The molecule has 21 heavy (non-hydrogen) atoms. The number of hydrogen-bond acceptors (Lipinski definition) is 3. The second kappa shape index (κ2) is 9.80. The number of benzene rings is 1. The Morgan fingerprint density at radius 2 is 1.76 bits per heavy atom. The van der Waals surface area contributed by atoms with Gasteiger partial charge in [0.25, 0.3) is 0 Å². The Morgan fingerprint density at radius 3 is 2.43 bits per heavy atom. The lowest BCUT2D eigenvalue weighted by atomic mass is 10.1. The molecule has 0 unspecified atom stereocenters. The predicted octanol–water partition coefficient (Wildman–Crippen LogP) is 2.96. The highest BCUT2D eigenvalue weighted by atomic mass is 16.5. The average molecular weight is 292 g/mol. The molecule has 0 radical (unpaired) electrons. The number of unbranched alkanes of at least 4 members (excludes halogenated alkanes) is 3. The minimum absolute atomic E-state index is 0.101. The number of urea groups is 1. The number of hydrogen-bond donors (Lipinski definition) is 1. The van der Waals surface area contributed by atoms with E-state index in [1.165, 1.54) is 7.11 Å².